The Labute approximate surface area is 75.6 Å². The molecule has 0 amide bonds. The van der Waals surface area contributed by atoms with Gasteiger partial charge in [0.15, 0.2) is 0 Å². The van der Waals surface area contributed by atoms with Crippen LogP contribution in [0.1, 0.15) is 5.56 Å². The van der Waals surface area contributed by atoms with Crippen LogP contribution < -0.4 is 0 Å². The maximum absolute atomic E-state index is 10.5. The highest BCUT2D eigenvalue weighted by atomic mass is 35.7. The normalized spacial score (nSPS) is 11.8. The smallest absolute Gasteiger partial charge is 0.232 e. The molecule has 0 aliphatic rings. The minimum absolute atomic E-state index is 0.0414. The molecule has 0 aliphatic carbocycles. The summed E-state index contributed by atoms with van der Waals surface area (Å²) in [7, 11) is 3.43. The second-order valence-corrected chi connectivity index (χ2v) is 5.41. The van der Waals surface area contributed by atoms with Crippen LogP contribution in [0, 0.1) is 0 Å². The fourth-order valence-electron chi connectivity index (χ4n) is 0.841. The van der Waals surface area contributed by atoms with E-state index in [1.165, 1.54) is 0 Å². The number of halogens is 1. The average Bonchev–Trinajstić information content (AvgIpc) is 2.30. The zero-order valence-corrected chi connectivity index (χ0v) is 8.14. The molecule has 4 nitrogen and oxygen atoms in total. The Hall–Kier alpha value is -0.550. The van der Waals surface area contributed by atoms with Gasteiger partial charge in [0.2, 0.25) is 9.05 Å². The highest BCUT2D eigenvalue weighted by Gasteiger charge is 2.06. The average molecular weight is 209 g/mol. The van der Waals surface area contributed by atoms with Crippen LogP contribution in [0.3, 0.4) is 0 Å². The molecule has 0 aliphatic heterocycles. The molecule has 0 radical (unpaired) electrons. The molecule has 0 saturated heterocycles. The van der Waals surface area contributed by atoms with Crippen LogP contribution in [0.5, 0.6) is 0 Å². The lowest BCUT2D eigenvalue weighted by molar-refractivity contribution is 0.609. The summed E-state index contributed by atoms with van der Waals surface area (Å²) in [6.07, 6.45) is 3.81. The molecule has 68 valence electrons. The summed E-state index contributed by atoms with van der Waals surface area (Å²) in [5.74, 6) is -0.0414. The standard InChI is InChI=1S/C6H9ClN2O2S/c1-9-5-6(4-8-9)2-3-12(7,10)11/h4-5H,2-3H2,1H3. The highest BCUT2D eigenvalue weighted by molar-refractivity contribution is 8.13. The van der Waals surface area contributed by atoms with Gasteiger partial charge >= 0.3 is 0 Å². The van der Waals surface area contributed by atoms with E-state index in [9.17, 15) is 8.42 Å². The maximum Gasteiger partial charge on any atom is 0.232 e. The van der Waals surface area contributed by atoms with Gasteiger partial charge in [-0.1, -0.05) is 0 Å². The molecule has 0 unspecified atom stereocenters. The van der Waals surface area contributed by atoms with Crippen molar-refractivity contribution < 1.29 is 8.42 Å². The van der Waals surface area contributed by atoms with Crippen molar-refractivity contribution in [2.24, 2.45) is 7.05 Å². The van der Waals surface area contributed by atoms with Gasteiger partial charge in [0, 0.05) is 23.9 Å². The maximum atomic E-state index is 10.5. The minimum Gasteiger partial charge on any atom is -0.276 e. The topological polar surface area (TPSA) is 52.0 Å². The number of nitrogens with zero attached hydrogens (tertiary/aromatic N) is 2. The van der Waals surface area contributed by atoms with Gasteiger partial charge in [0.1, 0.15) is 0 Å². The predicted octanol–water partition coefficient (Wildman–Crippen LogP) is 0.531. The first-order valence-electron chi connectivity index (χ1n) is 3.37. The van der Waals surface area contributed by atoms with E-state index in [-0.39, 0.29) is 5.75 Å². The summed E-state index contributed by atoms with van der Waals surface area (Å²) >= 11 is 0. The summed E-state index contributed by atoms with van der Waals surface area (Å²) < 4.78 is 22.7. The van der Waals surface area contributed by atoms with Crippen LogP contribution in [0.15, 0.2) is 12.4 Å². The van der Waals surface area contributed by atoms with E-state index in [1.807, 2.05) is 0 Å². The van der Waals surface area contributed by atoms with Gasteiger partial charge in [-0.25, -0.2) is 8.42 Å². The van der Waals surface area contributed by atoms with Crippen LogP contribution in [0.4, 0.5) is 0 Å². The van der Waals surface area contributed by atoms with Crippen molar-refractivity contribution in [2.45, 2.75) is 6.42 Å². The van der Waals surface area contributed by atoms with Gasteiger partial charge in [-0.15, -0.1) is 0 Å². The second-order valence-electron chi connectivity index (χ2n) is 2.52. The number of rotatable bonds is 3. The lowest BCUT2D eigenvalue weighted by Crippen LogP contribution is -2.00. The molecule has 6 heteroatoms. The van der Waals surface area contributed by atoms with Crippen LogP contribution in [-0.2, 0) is 22.5 Å². The molecule has 0 fully saturated rings. The van der Waals surface area contributed by atoms with Crippen molar-refractivity contribution in [2.75, 3.05) is 5.75 Å². The van der Waals surface area contributed by atoms with Crippen molar-refractivity contribution in [3.8, 4) is 0 Å². The van der Waals surface area contributed by atoms with E-state index >= 15 is 0 Å². The zero-order valence-electron chi connectivity index (χ0n) is 6.57. The quantitative estimate of drug-likeness (QED) is 0.681. The molecule has 1 aromatic heterocycles. The van der Waals surface area contributed by atoms with Crippen molar-refractivity contribution in [3.05, 3.63) is 18.0 Å². The molecule has 0 spiro atoms. The monoisotopic (exact) mass is 208 g/mol. The molecule has 0 atom stereocenters. The fraction of sp³-hybridized carbons (Fsp3) is 0.500. The predicted molar refractivity (Wildman–Crippen MR) is 46.6 cm³/mol. The lowest BCUT2D eigenvalue weighted by Gasteiger charge is -1.91. The van der Waals surface area contributed by atoms with E-state index in [0.29, 0.717) is 6.42 Å². The Kier molecular flexibility index (Phi) is 2.74. The van der Waals surface area contributed by atoms with Gasteiger partial charge in [0.25, 0.3) is 0 Å². The molecule has 0 saturated carbocycles. The van der Waals surface area contributed by atoms with E-state index in [0.717, 1.165) is 5.56 Å². The van der Waals surface area contributed by atoms with Gasteiger partial charge in [-0.05, 0) is 12.0 Å². The van der Waals surface area contributed by atoms with Crippen molar-refractivity contribution in [3.63, 3.8) is 0 Å². The van der Waals surface area contributed by atoms with Crippen LogP contribution in [0.2, 0.25) is 0 Å². The lowest BCUT2D eigenvalue weighted by atomic mass is 10.3. The Morgan fingerprint density at radius 2 is 2.33 bits per heavy atom. The third-order valence-electron chi connectivity index (χ3n) is 1.39. The Balaban J connectivity index is 2.55. The summed E-state index contributed by atoms with van der Waals surface area (Å²) in [6, 6.07) is 0. The minimum atomic E-state index is -3.38. The number of aryl methyl sites for hydroxylation is 2. The largest absolute Gasteiger partial charge is 0.276 e. The van der Waals surface area contributed by atoms with Gasteiger partial charge in [0.05, 0.1) is 11.9 Å². The van der Waals surface area contributed by atoms with E-state index < -0.39 is 9.05 Å². The molecule has 1 aromatic rings. The Morgan fingerprint density at radius 3 is 2.75 bits per heavy atom. The third-order valence-corrected chi connectivity index (χ3v) is 2.55. The number of hydrogen-bond acceptors (Lipinski definition) is 3. The Bertz CT molecular complexity index is 357. The number of aromatic nitrogens is 2. The number of hydrogen-bond donors (Lipinski definition) is 0. The Morgan fingerprint density at radius 1 is 1.67 bits per heavy atom. The molecule has 1 rings (SSSR count). The van der Waals surface area contributed by atoms with E-state index in [2.05, 4.69) is 5.10 Å². The summed E-state index contributed by atoms with van der Waals surface area (Å²) in [6.45, 7) is 0. The van der Waals surface area contributed by atoms with Crippen molar-refractivity contribution in [1.29, 1.82) is 0 Å². The first-order chi connectivity index (χ1) is 5.47. The molecule has 0 aromatic carbocycles. The van der Waals surface area contributed by atoms with E-state index in [1.54, 1.807) is 24.1 Å². The van der Waals surface area contributed by atoms with Crippen LogP contribution in [-0.4, -0.2) is 24.0 Å². The van der Waals surface area contributed by atoms with Gasteiger partial charge in [-0.2, -0.15) is 5.10 Å². The molecule has 1 heterocycles. The first-order valence-corrected chi connectivity index (χ1v) is 5.85. The molecule has 12 heavy (non-hydrogen) atoms. The third kappa shape index (κ3) is 3.23. The summed E-state index contributed by atoms with van der Waals surface area (Å²) in [5, 5.41) is 3.90. The summed E-state index contributed by atoms with van der Waals surface area (Å²) in [4.78, 5) is 0. The summed E-state index contributed by atoms with van der Waals surface area (Å²) in [5.41, 5.74) is 0.877. The molecule has 0 bridgehead atoms. The van der Waals surface area contributed by atoms with Crippen molar-refractivity contribution in [1.82, 2.24) is 9.78 Å². The van der Waals surface area contributed by atoms with E-state index in [4.69, 9.17) is 10.7 Å². The SMILES string of the molecule is Cn1cc(CCS(=O)(=O)Cl)cn1. The van der Waals surface area contributed by atoms with Crippen LogP contribution in [0.25, 0.3) is 0 Å². The van der Waals surface area contributed by atoms with Crippen LogP contribution >= 0.6 is 10.7 Å². The molecular weight excluding hydrogens is 200 g/mol. The molecule has 0 N–H and O–H groups in total. The zero-order chi connectivity index (χ0) is 9.19. The van der Waals surface area contributed by atoms with Gasteiger partial charge < -0.3 is 0 Å². The van der Waals surface area contributed by atoms with Crippen molar-refractivity contribution >= 4 is 19.7 Å². The second kappa shape index (κ2) is 3.45. The van der Waals surface area contributed by atoms with Gasteiger partial charge in [-0.3, -0.25) is 4.68 Å². The fourth-order valence-corrected chi connectivity index (χ4v) is 1.55. The first kappa shape index (κ1) is 9.54. The molecular formula is C6H9ClN2O2S. The highest BCUT2D eigenvalue weighted by Crippen LogP contribution is 2.03.